The van der Waals surface area contributed by atoms with E-state index in [9.17, 15) is 9.90 Å². The van der Waals surface area contributed by atoms with Gasteiger partial charge >= 0.3 is 5.97 Å². The van der Waals surface area contributed by atoms with Crippen LogP contribution in [0.3, 0.4) is 0 Å². The van der Waals surface area contributed by atoms with Gasteiger partial charge in [0.05, 0.1) is 5.92 Å². The molecule has 4 heteroatoms. The molecule has 2 aliphatic rings. The summed E-state index contributed by atoms with van der Waals surface area (Å²) in [7, 11) is 4.24. The van der Waals surface area contributed by atoms with E-state index in [-0.39, 0.29) is 12.0 Å². The van der Waals surface area contributed by atoms with Crippen LogP contribution in [0.2, 0.25) is 0 Å². The number of nitrogens with zero attached hydrogens (tertiary/aromatic N) is 2. The molecule has 1 heterocycles. The van der Waals surface area contributed by atoms with E-state index in [1.54, 1.807) is 0 Å². The standard InChI is InChI=1S/C13H24N2O2/c1-9-7-15(8-12(9)14(2)3)11-6-4-5-10(11)13(16)17/h9-12H,4-8H2,1-3H3,(H,16,17). The Bertz CT molecular complexity index is 293. The zero-order chi connectivity index (χ0) is 12.6. The Hall–Kier alpha value is -0.610. The molecule has 1 saturated heterocycles. The molecule has 0 radical (unpaired) electrons. The Labute approximate surface area is 104 Å². The minimum absolute atomic E-state index is 0.136. The topological polar surface area (TPSA) is 43.8 Å². The fourth-order valence-electron chi connectivity index (χ4n) is 3.59. The number of carboxylic acids is 1. The van der Waals surface area contributed by atoms with E-state index < -0.39 is 5.97 Å². The highest BCUT2D eigenvalue weighted by Crippen LogP contribution is 2.34. The van der Waals surface area contributed by atoms with E-state index in [4.69, 9.17) is 0 Å². The van der Waals surface area contributed by atoms with Gasteiger partial charge in [0.25, 0.3) is 0 Å². The second kappa shape index (κ2) is 4.94. The summed E-state index contributed by atoms with van der Waals surface area (Å²) in [6.45, 7) is 4.36. The molecule has 0 aromatic heterocycles. The molecule has 0 aromatic carbocycles. The molecule has 2 fully saturated rings. The van der Waals surface area contributed by atoms with Crippen molar-refractivity contribution in [2.45, 2.75) is 38.3 Å². The molecule has 4 atom stereocenters. The van der Waals surface area contributed by atoms with Crippen molar-refractivity contribution < 1.29 is 9.90 Å². The maximum atomic E-state index is 11.2. The van der Waals surface area contributed by atoms with Gasteiger partial charge in [-0.25, -0.2) is 0 Å². The summed E-state index contributed by atoms with van der Waals surface area (Å²) >= 11 is 0. The van der Waals surface area contributed by atoms with Gasteiger partial charge in [-0.3, -0.25) is 9.69 Å². The molecule has 2 rings (SSSR count). The number of carbonyl (C=O) groups is 1. The Morgan fingerprint density at radius 1 is 1.29 bits per heavy atom. The lowest BCUT2D eigenvalue weighted by atomic mass is 10.0. The third-order valence-electron chi connectivity index (χ3n) is 4.53. The van der Waals surface area contributed by atoms with Crippen LogP contribution < -0.4 is 0 Å². The van der Waals surface area contributed by atoms with E-state index >= 15 is 0 Å². The molecule has 1 saturated carbocycles. The highest BCUT2D eigenvalue weighted by Gasteiger charge is 2.42. The first-order valence-corrected chi connectivity index (χ1v) is 6.64. The number of likely N-dealkylation sites (tertiary alicyclic amines) is 1. The van der Waals surface area contributed by atoms with Crippen LogP contribution in [0.4, 0.5) is 0 Å². The Morgan fingerprint density at radius 2 is 2.00 bits per heavy atom. The summed E-state index contributed by atoms with van der Waals surface area (Å²) in [5.74, 6) is -0.100. The van der Waals surface area contributed by atoms with Crippen molar-refractivity contribution in [3.8, 4) is 0 Å². The van der Waals surface area contributed by atoms with Crippen LogP contribution in [0.5, 0.6) is 0 Å². The summed E-state index contributed by atoms with van der Waals surface area (Å²) in [5, 5.41) is 9.25. The molecule has 0 spiro atoms. The largest absolute Gasteiger partial charge is 0.481 e. The molecule has 98 valence electrons. The fraction of sp³-hybridized carbons (Fsp3) is 0.923. The number of carboxylic acid groups (broad SMARTS) is 1. The summed E-state index contributed by atoms with van der Waals surface area (Å²) in [5.41, 5.74) is 0. The molecule has 1 N–H and O–H groups in total. The van der Waals surface area contributed by atoms with Gasteiger partial charge in [0, 0.05) is 25.2 Å². The number of rotatable bonds is 3. The van der Waals surface area contributed by atoms with E-state index in [0.29, 0.717) is 12.0 Å². The summed E-state index contributed by atoms with van der Waals surface area (Å²) in [6.07, 6.45) is 2.99. The molecule has 1 aliphatic heterocycles. The van der Waals surface area contributed by atoms with Crippen LogP contribution in [-0.2, 0) is 4.79 Å². The van der Waals surface area contributed by atoms with Crippen molar-refractivity contribution >= 4 is 5.97 Å². The SMILES string of the molecule is CC1CN(C2CCCC2C(=O)O)CC1N(C)C. The third-order valence-corrected chi connectivity index (χ3v) is 4.53. The maximum absolute atomic E-state index is 11.2. The average molecular weight is 240 g/mol. The smallest absolute Gasteiger partial charge is 0.308 e. The molecule has 4 unspecified atom stereocenters. The highest BCUT2D eigenvalue weighted by molar-refractivity contribution is 5.71. The van der Waals surface area contributed by atoms with Gasteiger partial charge < -0.3 is 10.0 Å². The highest BCUT2D eigenvalue weighted by atomic mass is 16.4. The number of hydrogen-bond acceptors (Lipinski definition) is 3. The van der Waals surface area contributed by atoms with Gasteiger partial charge in [0.1, 0.15) is 0 Å². The van der Waals surface area contributed by atoms with Crippen molar-refractivity contribution in [1.29, 1.82) is 0 Å². The summed E-state index contributed by atoms with van der Waals surface area (Å²) in [6, 6.07) is 0.852. The number of likely N-dealkylation sites (N-methyl/N-ethyl adjacent to an activating group) is 1. The van der Waals surface area contributed by atoms with Gasteiger partial charge in [-0.05, 0) is 32.9 Å². The van der Waals surface area contributed by atoms with E-state index in [1.165, 1.54) is 0 Å². The number of hydrogen-bond donors (Lipinski definition) is 1. The van der Waals surface area contributed by atoms with Crippen LogP contribution in [0, 0.1) is 11.8 Å². The van der Waals surface area contributed by atoms with E-state index in [1.807, 2.05) is 0 Å². The van der Waals surface area contributed by atoms with Gasteiger partial charge in [-0.1, -0.05) is 13.3 Å². The lowest BCUT2D eigenvalue weighted by molar-refractivity contribution is -0.143. The van der Waals surface area contributed by atoms with E-state index in [2.05, 4.69) is 30.8 Å². The van der Waals surface area contributed by atoms with Gasteiger partial charge in [0.2, 0.25) is 0 Å². The second-order valence-electron chi connectivity index (χ2n) is 5.91. The second-order valence-corrected chi connectivity index (χ2v) is 5.91. The Balaban J connectivity index is 2.02. The minimum Gasteiger partial charge on any atom is -0.481 e. The van der Waals surface area contributed by atoms with Crippen LogP contribution in [0.25, 0.3) is 0 Å². The van der Waals surface area contributed by atoms with Crippen molar-refractivity contribution in [2.24, 2.45) is 11.8 Å². The zero-order valence-corrected chi connectivity index (χ0v) is 11.1. The first-order chi connectivity index (χ1) is 8.00. The summed E-state index contributed by atoms with van der Waals surface area (Å²) in [4.78, 5) is 15.9. The Morgan fingerprint density at radius 3 is 2.53 bits per heavy atom. The van der Waals surface area contributed by atoms with Crippen LogP contribution >= 0.6 is 0 Å². The third kappa shape index (κ3) is 2.47. The first-order valence-electron chi connectivity index (χ1n) is 6.64. The molecule has 0 bridgehead atoms. The predicted octanol–water partition coefficient (Wildman–Crippen LogP) is 1.12. The normalized spacial score (nSPS) is 39.1. The van der Waals surface area contributed by atoms with Gasteiger partial charge in [-0.2, -0.15) is 0 Å². The van der Waals surface area contributed by atoms with Crippen molar-refractivity contribution in [3.05, 3.63) is 0 Å². The molecule has 1 aliphatic carbocycles. The molecular weight excluding hydrogens is 216 g/mol. The van der Waals surface area contributed by atoms with E-state index in [0.717, 1.165) is 32.4 Å². The van der Waals surface area contributed by atoms with Crippen LogP contribution in [0.15, 0.2) is 0 Å². The van der Waals surface area contributed by atoms with Crippen molar-refractivity contribution in [2.75, 3.05) is 27.2 Å². The first kappa shape index (κ1) is 12.8. The average Bonchev–Trinajstić information content (AvgIpc) is 2.82. The molecule has 4 nitrogen and oxygen atoms in total. The minimum atomic E-state index is -0.603. The molecule has 17 heavy (non-hydrogen) atoms. The molecule has 0 amide bonds. The van der Waals surface area contributed by atoms with Crippen LogP contribution in [0.1, 0.15) is 26.2 Å². The number of aliphatic carboxylic acids is 1. The molecule has 0 aromatic rings. The summed E-state index contributed by atoms with van der Waals surface area (Å²) < 4.78 is 0. The zero-order valence-electron chi connectivity index (χ0n) is 11.1. The molecular formula is C13H24N2O2. The van der Waals surface area contributed by atoms with Crippen molar-refractivity contribution in [3.63, 3.8) is 0 Å². The van der Waals surface area contributed by atoms with Gasteiger partial charge in [0.15, 0.2) is 0 Å². The lowest BCUT2D eigenvalue weighted by Gasteiger charge is -2.28. The quantitative estimate of drug-likeness (QED) is 0.803. The Kier molecular flexibility index (Phi) is 3.73. The maximum Gasteiger partial charge on any atom is 0.308 e. The predicted molar refractivity (Wildman–Crippen MR) is 67.0 cm³/mol. The van der Waals surface area contributed by atoms with Crippen LogP contribution in [-0.4, -0.2) is 60.1 Å². The van der Waals surface area contributed by atoms with Gasteiger partial charge in [-0.15, -0.1) is 0 Å². The lowest BCUT2D eigenvalue weighted by Crippen LogP contribution is -2.41. The van der Waals surface area contributed by atoms with Crippen molar-refractivity contribution in [1.82, 2.24) is 9.80 Å². The monoisotopic (exact) mass is 240 g/mol. The fourth-order valence-corrected chi connectivity index (χ4v) is 3.59.